The number of hydrogen-bond donors (Lipinski definition) is 2. The van der Waals surface area contributed by atoms with Crippen molar-refractivity contribution in [1.29, 1.82) is 0 Å². The van der Waals surface area contributed by atoms with E-state index in [2.05, 4.69) is 10.6 Å². The van der Waals surface area contributed by atoms with Crippen molar-refractivity contribution in [3.05, 3.63) is 29.8 Å². The fourth-order valence-corrected chi connectivity index (χ4v) is 3.24. The number of amides is 2. The zero-order valence-corrected chi connectivity index (χ0v) is 11.6. The molecule has 1 aliphatic carbocycles. The number of ether oxygens (including phenoxy) is 1. The van der Waals surface area contributed by atoms with Gasteiger partial charge in [0.15, 0.2) is 0 Å². The maximum Gasteiger partial charge on any atom is 0.319 e. The van der Waals surface area contributed by atoms with E-state index in [0.717, 1.165) is 31.4 Å². The lowest BCUT2D eigenvalue weighted by molar-refractivity contribution is 0.00998. The second kappa shape index (κ2) is 5.60. The van der Waals surface area contributed by atoms with Crippen molar-refractivity contribution < 1.29 is 18.3 Å². The number of anilines is 1. The van der Waals surface area contributed by atoms with Crippen molar-refractivity contribution in [1.82, 2.24) is 5.32 Å². The van der Waals surface area contributed by atoms with Crippen molar-refractivity contribution in [2.24, 2.45) is 0 Å². The largest absolute Gasteiger partial charge is 0.373 e. The summed E-state index contributed by atoms with van der Waals surface area (Å²) in [5, 5.41) is 5.18. The van der Waals surface area contributed by atoms with E-state index in [1.165, 1.54) is 18.9 Å². The van der Waals surface area contributed by atoms with Gasteiger partial charge in [-0.3, -0.25) is 0 Å². The minimum Gasteiger partial charge on any atom is -0.373 e. The lowest BCUT2D eigenvalue weighted by Gasteiger charge is -2.21. The minimum absolute atomic E-state index is 0.0385. The molecule has 1 saturated heterocycles. The van der Waals surface area contributed by atoms with Gasteiger partial charge in [-0.1, -0.05) is 12.8 Å². The third-order valence-corrected chi connectivity index (χ3v) is 4.24. The summed E-state index contributed by atoms with van der Waals surface area (Å²) in [6.45, 7) is 0.485. The van der Waals surface area contributed by atoms with Gasteiger partial charge in [0, 0.05) is 6.07 Å². The fraction of sp³-hybridized carbons (Fsp3) is 0.533. The summed E-state index contributed by atoms with van der Waals surface area (Å²) >= 11 is 0. The maximum absolute atomic E-state index is 13.5. The van der Waals surface area contributed by atoms with Gasteiger partial charge in [-0.15, -0.1) is 0 Å². The van der Waals surface area contributed by atoms with E-state index in [0.29, 0.717) is 6.61 Å². The summed E-state index contributed by atoms with van der Waals surface area (Å²) in [4.78, 5) is 11.9. The van der Waals surface area contributed by atoms with Crippen LogP contribution in [0.2, 0.25) is 0 Å². The van der Waals surface area contributed by atoms with Gasteiger partial charge in [0.05, 0.1) is 23.9 Å². The van der Waals surface area contributed by atoms with Crippen LogP contribution in [-0.4, -0.2) is 24.3 Å². The number of nitrogens with one attached hydrogen (secondary N) is 2. The quantitative estimate of drug-likeness (QED) is 0.880. The first-order chi connectivity index (χ1) is 10.1. The highest BCUT2D eigenvalue weighted by molar-refractivity contribution is 5.89. The molecule has 1 aromatic rings. The predicted octanol–water partition coefficient (Wildman–Crippen LogP) is 3.19. The average Bonchev–Trinajstić information content (AvgIpc) is 3.04. The van der Waals surface area contributed by atoms with E-state index in [4.69, 9.17) is 4.74 Å². The molecule has 0 radical (unpaired) electrons. The van der Waals surface area contributed by atoms with Crippen molar-refractivity contribution >= 4 is 11.7 Å². The summed E-state index contributed by atoms with van der Waals surface area (Å²) in [6, 6.07) is 2.48. The van der Waals surface area contributed by atoms with Crippen molar-refractivity contribution in [2.45, 2.75) is 43.7 Å². The molecular formula is C15H18F2N2O2. The third-order valence-electron chi connectivity index (χ3n) is 4.24. The summed E-state index contributed by atoms with van der Waals surface area (Å²) in [5.74, 6) is -1.47. The van der Waals surface area contributed by atoms with Gasteiger partial charge in [-0.05, 0) is 31.4 Å². The number of urea groups is 1. The van der Waals surface area contributed by atoms with E-state index in [1.807, 2.05) is 0 Å². The van der Waals surface area contributed by atoms with Crippen LogP contribution in [0.4, 0.5) is 19.3 Å². The van der Waals surface area contributed by atoms with Crippen molar-refractivity contribution in [3.63, 3.8) is 0 Å². The predicted molar refractivity (Wildman–Crippen MR) is 74.1 cm³/mol. The van der Waals surface area contributed by atoms with Crippen LogP contribution >= 0.6 is 0 Å². The first kappa shape index (κ1) is 14.3. The summed E-state index contributed by atoms with van der Waals surface area (Å²) < 4.78 is 32.1. The Bertz CT molecular complexity index is 544. The first-order valence-electron chi connectivity index (χ1n) is 7.23. The van der Waals surface area contributed by atoms with Crippen molar-refractivity contribution in [3.8, 4) is 0 Å². The maximum atomic E-state index is 13.5. The average molecular weight is 296 g/mol. The highest BCUT2D eigenvalue weighted by Gasteiger charge is 2.42. The monoisotopic (exact) mass is 296 g/mol. The van der Waals surface area contributed by atoms with Crippen LogP contribution in [0.3, 0.4) is 0 Å². The molecule has 1 aromatic carbocycles. The zero-order chi connectivity index (χ0) is 14.9. The molecule has 4 nitrogen and oxygen atoms in total. The molecule has 2 fully saturated rings. The van der Waals surface area contributed by atoms with E-state index in [9.17, 15) is 13.6 Å². The Kier molecular flexibility index (Phi) is 3.80. The molecule has 1 atom stereocenters. The summed E-state index contributed by atoms with van der Waals surface area (Å²) in [6.07, 6.45) is 5.21. The normalized spacial score (nSPS) is 23.4. The second-order valence-electron chi connectivity index (χ2n) is 5.82. The first-order valence-corrected chi connectivity index (χ1v) is 7.23. The van der Waals surface area contributed by atoms with Gasteiger partial charge in [0.25, 0.3) is 0 Å². The standard InChI is InChI=1S/C15H18F2N2O2/c16-10-3-4-13(12(17)7-10)19-14(20)18-11-8-15(21-9-11)5-1-2-6-15/h3-4,7,11H,1-2,5-6,8-9H2,(H2,18,19,20)/t11-/m1/s1. The van der Waals surface area contributed by atoms with Crippen LogP contribution in [-0.2, 0) is 4.74 Å². The topological polar surface area (TPSA) is 50.4 Å². The number of carbonyl (C=O) groups is 1. The molecule has 114 valence electrons. The molecule has 0 unspecified atom stereocenters. The lowest BCUT2D eigenvalue weighted by Crippen LogP contribution is -2.39. The van der Waals surface area contributed by atoms with E-state index in [-0.39, 0.29) is 17.3 Å². The van der Waals surface area contributed by atoms with Gasteiger partial charge in [-0.25, -0.2) is 13.6 Å². The van der Waals surface area contributed by atoms with E-state index in [1.54, 1.807) is 0 Å². The molecule has 0 aromatic heterocycles. The Morgan fingerprint density at radius 2 is 2.05 bits per heavy atom. The molecule has 1 spiro atoms. The van der Waals surface area contributed by atoms with Crippen LogP contribution in [0.15, 0.2) is 18.2 Å². The van der Waals surface area contributed by atoms with Crippen LogP contribution in [0, 0.1) is 11.6 Å². The molecule has 2 aliphatic rings. The van der Waals surface area contributed by atoms with Gasteiger partial charge in [0.2, 0.25) is 0 Å². The zero-order valence-electron chi connectivity index (χ0n) is 11.6. The molecule has 0 bridgehead atoms. The SMILES string of the molecule is O=C(Nc1ccc(F)cc1F)N[C@H]1COC2(CCCC2)C1. The van der Waals surface area contributed by atoms with Crippen LogP contribution in [0.5, 0.6) is 0 Å². The summed E-state index contributed by atoms with van der Waals surface area (Å²) in [7, 11) is 0. The molecular weight excluding hydrogens is 278 g/mol. The van der Waals surface area contributed by atoms with Crippen LogP contribution in [0.1, 0.15) is 32.1 Å². The van der Waals surface area contributed by atoms with Gasteiger partial charge in [0.1, 0.15) is 11.6 Å². The number of rotatable bonds is 2. The second-order valence-corrected chi connectivity index (χ2v) is 5.82. The molecule has 2 N–H and O–H groups in total. The Hall–Kier alpha value is -1.69. The highest BCUT2D eigenvalue weighted by atomic mass is 19.1. The van der Waals surface area contributed by atoms with Crippen LogP contribution < -0.4 is 10.6 Å². The van der Waals surface area contributed by atoms with Gasteiger partial charge < -0.3 is 15.4 Å². The Morgan fingerprint density at radius 3 is 2.76 bits per heavy atom. The van der Waals surface area contributed by atoms with E-state index < -0.39 is 17.7 Å². The molecule has 1 saturated carbocycles. The Balaban J connectivity index is 1.55. The summed E-state index contributed by atoms with van der Waals surface area (Å²) in [5.41, 5.74) is -0.109. The Labute approximate surface area is 121 Å². The van der Waals surface area contributed by atoms with Crippen molar-refractivity contribution in [2.75, 3.05) is 11.9 Å². The molecule has 6 heteroatoms. The van der Waals surface area contributed by atoms with Gasteiger partial charge >= 0.3 is 6.03 Å². The highest BCUT2D eigenvalue weighted by Crippen LogP contribution is 2.40. The molecule has 1 aliphatic heterocycles. The number of hydrogen-bond acceptors (Lipinski definition) is 2. The molecule has 2 amide bonds. The van der Waals surface area contributed by atoms with Gasteiger partial charge in [-0.2, -0.15) is 0 Å². The molecule has 3 rings (SSSR count). The van der Waals surface area contributed by atoms with E-state index >= 15 is 0 Å². The van der Waals surface area contributed by atoms with Crippen LogP contribution in [0.25, 0.3) is 0 Å². The number of carbonyl (C=O) groups excluding carboxylic acids is 1. The molecule has 1 heterocycles. The fourth-order valence-electron chi connectivity index (χ4n) is 3.24. The Morgan fingerprint density at radius 1 is 1.29 bits per heavy atom. The third kappa shape index (κ3) is 3.15. The number of halogens is 2. The smallest absolute Gasteiger partial charge is 0.319 e. The minimum atomic E-state index is -0.792. The molecule has 21 heavy (non-hydrogen) atoms. The number of benzene rings is 1. The lowest BCUT2D eigenvalue weighted by atomic mass is 9.96.